The Hall–Kier alpha value is -1.06. The van der Waals surface area contributed by atoms with Gasteiger partial charge in [-0.25, -0.2) is 0 Å². The van der Waals surface area contributed by atoms with Gasteiger partial charge in [-0.05, 0) is 12.6 Å². The van der Waals surface area contributed by atoms with Gasteiger partial charge in [0.05, 0.1) is 6.85 Å². The fraction of sp³-hybridized carbons (Fsp3) is 0.562. The molecule has 2 rings (SSSR count). The van der Waals surface area contributed by atoms with E-state index in [4.69, 9.17) is 11.6 Å². The van der Waals surface area contributed by atoms with Crippen molar-refractivity contribution in [2.75, 3.05) is 20.1 Å². The van der Waals surface area contributed by atoms with Crippen molar-refractivity contribution >= 4 is 18.4 Å². The summed E-state index contributed by atoms with van der Waals surface area (Å²) in [6, 6.07) is -1.82. The maximum absolute atomic E-state index is 12.1. The molecule has 0 spiro atoms. The van der Waals surface area contributed by atoms with E-state index in [-0.39, 0.29) is 42.4 Å². The SMILES string of the molecule is Cl.[2H]c1c([2H])c([2H])c([C@@]2(OC(=O)CC)CCN(C)C[C@H]2C)c([2H])c1[2H]. The number of benzene rings is 1. The molecule has 0 bridgehead atoms. The zero-order valence-corrected chi connectivity index (χ0v) is 12.9. The summed E-state index contributed by atoms with van der Waals surface area (Å²) >= 11 is 0. The van der Waals surface area contributed by atoms with Crippen molar-refractivity contribution in [1.82, 2.24) is 4.90 Å². The number of ether oxygens (including phenoxy) is 1. The molecule has 20 heavy (non-hydrogen) atoms. The van der Waals surface area contributed by atoms with Gasteiger partial charge in [-0.2, -0.15) is 0 Å². The Morgan fingerprint density at radius 3 is 2.70 bits per heavy atom. The summed E-state index contributed by atoms with van der Waals surface area (Å²) in [5, 5.41) is 0. The minimum Gasteiger partial charge on any atom is -0.454 e. The third-order valence-electron chi connectivity index (χ3n) is 3.75. The molecule has 0 aliphatic carbocycles. The van der Waals surface area contributed by atoms with Crippen LogP contribution in [0.5, 0.6) is 0 Å². The van der Waals surface area contributed by atoms with Gasteiger partial charge in [0, 0.05) is 31.8 Å². The lowest BCUT2D eigenvalue weighted by molar-refractivity contribution is -0.174. The quantitative estimate of drug-likeness (QED) is 0.803. The van der Waals surface area contributed by atoms with Crippen LogP contribution in [0.1, 0.15) is 39.1 Å². The number of nitrogens with zero attached hydrogens (tertiary/aromatic N) is 1. The fourth-order valence-electron chi connectivity index (χ4n) is 2.62. The van der Waals surface area contributed by atoms with Crippen LogP contribution in [0.15, 0.2) is 30.2 Å². The normalized spacial score (nSPS) is 30.1. The lowest BCUT2D eigenvalue weighted by Gasteiger charge is -2.45. The van der Waals surface area contributed by atoms with Crippen molar-refractivity contribution < 1.29 is 16.4 Å². The highest BCUT2D eigenvalue weighted by molar-refractivity contribution is 5.85. The summed E-state index contributed by atoms with van der Waals surface area (Å²) in [6.45, 7) is 4.79. The van der Waals surface area contributed by atoms with Crippen LogP contribution in [0.2, 0.25) is 0 Å². The number of esters is 1. The first kappa shape index (κ1) is 10.6. The van der Waals surface area contributed by atoms with E-state index in [9.17, 15) is 4.79 Å². The number of carbonyl (C=O) groups excluding carboxylic acids is 1. The van der Waals surface area contributed by atoms with E-state index in [1.165, 1.54) is 0 Å². The summed E-state index contributed by atoms with van der Waals surface area (Å²) < 4.78 is 45.9. The molecule has 1 aliphatic heterocycles. The zero-order valence-electron chi connectivity index (χ0n) is 17.1. The second-order valence-corrected chi connectivity index (χ2v) is 5.13. The first-order valence-corrected chi connectivity index (χ1v) is 6.63. The predicted molar refractivity (Wildman–Crippen MR) is 83.0 cm³/mol. The molecule has 1 aromatic rings. The van der Waals surface area contributed by atoms with Crippen molar-refractivity contribution in [2.24, 2.45) is 5.92 Å². The van der Waals surface area contributed by atoms with Crippen molar-refractivity contribution in [3.8, 4) is 0 Å². The molecule has 0 amide bonds. The van der Waals surface area contributed by atoms with E-state index in [0.29, 0.717) is 19.5 Å². The molecule has 112 valence electrons. The van der Waals surface area contributed by atoms with Crippen LogP contribution < -0.4 is 0 Å². The van der Waals surface area contributed by atoms with Crippen molar-refractivity contribution in [3.05, 3.63) is 35.8 Å². The maximum atomic E-state index is 12.1. The molecule has 0 aromatic heterocycles. The molecule has 2 atom stereocenters. The van der Waals surface area contributed by atoms with Gasteiger partial charge >= 0.3 is 5.97 Å². The topological polar surface area (TPSA) is 29.5 Å². The third-order valence-corrected chi connectivity index (χ3v) is 3.75. The summed E-state index contributed by atoms with van der Waals surface area (Å²) in [4.78, 5) is 14.1. The predicted octanol–water partition coefficient (Wildman–Crippen LogP) is 3.23. The minimum absolute atomic E-state index is 0. The van der Waals surface area contributed by atoms with Crippen LogP contribution >= 0.6 is 12.4 Å². The first-order chi connectivity index (χ1) is 11.2. The smallest absolute Gasteiger partial charge is 0.306 e. The Bertz CT molecular complexity index is 643. The first-order valence-electron chi connectivity index (χ1n) is 9.13. The van der Waals surface area contributed by atoms with Crippen LogP contribution in [-0.2, 0) is 15.1 Å². The van der Waals surface area contributed by atoms with E-state index in [0.717, 1.165) is 0 Å². The lowest BCUT2D eigenvalue weighted by Crippen LogP contribution is -2.50. The Labute approximate surface area is 134 Å². The minimum atomic E-state index is -1.20. The molecule has 1 aromatic carbocycles. The second kappa shape index (κ2) is 7.09. The van der Waals surface area contributed by atoms with Gasteiger partial charge in [-0.1, -0.05) is 44.1 Å². The average Bonchev–Trinajstić information content (AvgIpc) is 2.54. The van der Waals surface area contributed by atoms with E-state index in [1.54, 1.807) is 6.92 Å². The molecule has 1 saturated heterocycles. The highest BCUT2D eigenvalue weighted by Crippen LogP contribution is 2.40. The van der Waals surface area contributed by atoms with Crippen molar-refractivity contribution in [1.29, 1.82) is 0 Å². The highest BCUT2D eigenvalue weighted by Gasteiger charge is 2.44. The molecule has 1 aliphatic rings. The van der Waals surface area contributed by atoms with Gasteiger partial charge < -0.3 is 9.64 Å². The Kier molecular flexibility index (Phi) is 3.77. The standard InChI is InChI=1S/C16H23NO2.ClH/c1-4-15(18)19-16(14-8-6-5-7-9-14)10-11-17(3)12-13(16)2;/h5-9,13H,4,10-12H2,1-3H3;1H/t13-,16-;/m1./s1/i5D,6D,7D,8D,9D;. The van der Waals surface area contributed by atoms with Crippen LogP contribution in [-0.4, -0.2) is 31.0 Å². The number of hydrogen-bond acceptors (Lipinski definition) is 3. The molecule has 0 radical (unpaired) electrons. The third kappa shape index (κ3) is 3.33. The Morgan fingerprint density at radius 1 is 1.50 bits per heavy atom. The van der Waals surface area contributed by atoms with E-state index < -0.39 is 29.7 Å². The number of likely N-dealkylation sites (tertiary alicyclic amines) is 1. The average molecular weight is 303 g/mol. The zero-order chi connectivity index (χ0) is 18.2. The molecular formula is C16H24ClNO2. The number of carbonyl (C=O) groups is 1. The summed E-state index contributed by atoms with van der Waals surface area (Å²) in [6.07, 6.45) is 0.563. The molecule has 0 N–H and O–H groups in total. The van der Waals surface area contributed by atoms with Gasteiger partial charge in [-0.3, -0.25) is 4.79 Å². The number of hydrogen-bond donors (Lipinski definition) is 0. The van der Waals surface area contributed by atoms with Crippen LogP contribution in [0.3, 0.4) is 0 Å². The molecular weight excluding hydrogens is 274 g/mol. The van der Waals surface area contributed by atoms with Gasteiger partial charge in [0.2, 0.25) is 0 Å². The summed E-state index contributed by atoms with van der Waals surface area (Å²) in [7, 11) is 1.95. The fourth-order valence-corrected chi connectivity index (χ4v) is 2.62. The van der Waals surface area contributed by atoms with E-state index in [1.807, 2.05) is 14.0 Å². The summed E-state index contributed by atoms with van der Waals surface area (Å²) in [5.41, 5.74) is -1.11. The second-order valence-electron chi connectivity index (χ2n) is 5.13. The Morgan fingerprint density at radius 2 is 2.15 bits per heavy atom. The number of piperidine rings is 1. The van der Waals surface area contributed by atoms with Gasteiger partial charge in [0.1, 0.15) is 5.60 Å². The number of halogens is 1. The molecule has 4 heteroatoms. The van der Waals surface area contributed by atoms with E-state index >= 15 is 0 Å². The van der Waals surface area contributed by atoms with Crippen LogP contribution in [0.4, 0.5) is 0 Å². The van der Waals surface area contributed by atoms with Crippen molar-refractivity contribution in [3.63, 3.8) is 0 Å². The molecule has 1 heterocycles. The largest absolute Gasteiger partial charge is 0.454 e. The highest BCUT2D eigenvalue weighted by atomic mass is 35.5. The monoisotopic (exact) mass is 302 g/mol. The van der Waals surface area contributed by atoms with E-state index in [2.05, 4.69) is 4.90 Å². The van der Waals surface area contributed by atoms with Crippen LogP contribution in [0, 0.1) is 5.92 Å². The van der Waals surface area contributed by atoms with Gasteiger partial charge in [0.15, 0.2) is 0 Å². The molecule has 0 saturated carbocycles. The van der Waals surface area contributed by atoms with Crippen molar-refractivity contribution in [2.45, 2.75) is 32.3 Å². The molecule has 3 nitrogen and oxygen atoms in total. The molecule has 1 fully saturated rings. The van der Waals surface area contributed by atoms with Gasteiger partial charge in [-0.15, -0.1) is 12.4 Å². The number of rotatable bonds is 3. The maximum Gasteiger partial charge on any atom is 0.306 e. The van der Waals surface area contributed by atoms with Gasteiger partial charge in [0.25, 0.3) is 0 Å². The van der Waals surface area contributed by atoms with Crippen LogP contribution in [0.25, 0.3) is 0 Å². The molecule has 0 unspecified atom stereocenters. The lowest BCUT2D eigenvalue weighted by atomic mass is 9.76. The Balaban J connectivity index is 0.00000312. The summed E-state index contributed by atoms with van der Waals surface area (Å²) in [5.74, 6) is -0.631.